The molecule has 41 heavy (non-hydrogen) atoms. The van der Waals surface area contributed by atoms with Crippen LogP contribution < -0.4 is 15.5 Å². The van der Waals surface area contributed by atoms with Crippen LogP contribution in [0.2, 0.25) is 0 Å². The Hall–Kier alpha value is -3.83. The highest BCUT2D eigenvalue weighted by molar-refractivity contribution is 7.13. The van der Waals surface area contributed by atoms with Crippen molar-refractivity contribution in [1.82, 2.24) is 35.1 Å². The summed E-state index contributed by atoms with van der Waals surface area (Å²) >= 11 is 1.63. The number of fused-ring (bicyclic) bond motifs is 1. The van der Waals surface area contributed by atoms with E-state index >= 15 is 0 Å². The Morgan fingerprint density at radius 3 is 2.63 bits per heavy atom. The molecular weight excluding hydrogens is 536 g/mol. The standard InChI is InChI=1S/C30H36N8O2S/c1-4-36(5-2)19(3)15-31-29(39)21-13-25(34-27(14-21)37-17-22(18-37)33-30(40)20-8-9-20)23-16-32-38-11-10-24(35-28(23)38)26-7-6-12-41-26/h6-7,10-14,16,19-20,22H,4-5,8-9,15,17-18H2,1-3H3,(H,31,39)(H,33,40)/t19-/m0/s1. The number of nitrogens with zero attached hydrogens (tertiary/aromatic N) is 6. The van der Waals surface area contributed by atoms with Crippen molar-refractivity contribution in [2.75, 3.05) is 37.6 Å². The first-order chi connectivity index (χ1) is 19.9. The first-order valence-electron chi connectivity index (χ1n) is 14.4. The van der Waals surface area contributed by atoms with Crippen molar-refractivity contribution in [2.24, 2.45) is 5.92 Å². The van der Waals surface area contributed by atoms with E-state index in [0.29, 0.717) is 42.4 Å². The Bertz CT molecular complexity index is 1540. The van der Waals surface area contributed by atoms with Crippen LogP contribution in [0.3, 0.4) is 0 Å². The van der Waals surface area contributed by atoms with Crippen LogP contribution >= 0.6 is 11.3 Å². The van der Waals surface area contributed by atoms with Gasteiger partial charge in [-0.1, -0.05) is 19.9 Å². The van der Waals surface area contributed by atoms with Crippen LogP contribution in [0.15, 0.2) is 48.1 Å². The largest absolute Gasteiger partial charge is 0.352 e. The summed E-state index contributed by atoms with van der Waals surface area (Å²) in [6.45, 7) is 10.1. The molecule has 1 saturated carbocycles. The molecule has 4 aromatic rings. The van der Waals surface area contributed by atoms with Crippen molar-refractivity contribution in [3.8, 4) is 21.8 Å². The fourth-order valence-electron chi connectivity index (χ4n) is 5.30. The van der Waals surface area contributed by atoms with Crippen molar-refractivity contribution in [3.05, 3.63) is 53.7 Å². The van der Waals surface area contributed by atoms with Crippen LogP contribution in [-0.4, -0.2) is 81.1 Å². The number of thiophene rings is 1. The maximum Gasteiger partial charge on any atom is 0.251 e. The number of carbonyl (C=O) groups excluding carboxylic acids is 2. The van der Waals surface area contributed by atoms with Gasteiger partial charge in [0.05, 0.1) is 34.1 Å². The van der Waals surface area contributed by atoms with Crippen molar-refractivity contribution < 1.29 is 9.59 Å². The van der Waals surface area contributed by atoms with Gasteiger partial charge in [0.2, 0.25) is 5.91 Å². The third kappa shape index (κ3) is 5.82. The third-order valence-corrected chi connectivity index (χ3v) is 8.88. The molecule has 1 aliphatic heterocycles. The molecule has 1 atom stereocenters. The van der Waals surface area contributed by atoms with Crippen LogP contribution in [-0.2, 0) is 4.79 Å². The van der Waals surface area contributed by atoms with E-state index < -0.39 is 0 Å². The third-order valence-electron chi connectivity index (χ3n) is 7.99. The van der Waals surface area contributed by atoms with E-state index in [1.807, 2.05) is 41.9 Å². The first kappa shape index (κ1) is 27.3. The number of amides is 2. The van der Waals surface area contributed by atoms with Crippen molar-refractivity contribution in [2.45, 2.75) is 45.7 Å². The topological polar surface area (TPSA) is 108 Å². The number of nitrogens with one attached hydrogen (secondary N) is 2. The highest BCUT2D eigenvalue weighted by Crippen LogP contribution is 2.31. The molecule has 1 aliphatic carbocycles. The zero-order valence-electron chi connectivity index (χ0n) is 23.7. The summed E-state index contributed by atoms with van der Waals surface area (Å²) < 4.78 is 1.74. The molecule has 2 N–H and O–H groups in total. The molecule has 1 saturated heterocycles. The number of anilines is 1. The van der Waals surface area contributed by atoms with Gasteiger partial charge in [0.1, 0.15) is 5.82 Å². The van der Waals surface area contributed by atoms with Crippen LogP contribution in [0.4, 0.5) is 5.82 Å². The monoisotopic (exact) mass is 572 g/mol. The first-order valence-corrected chi connectivity index (χ1v) is 15.3. The molecule has 0 radical (unpaired) electrons. The molecule has 4 aromatic heterocycles. The summed E-state index contributed by atoms with van der Waals surface area (Å²) in [6, 6.07) is 9.98. The van der Waals surface area contributed by atoms with E-state index in [9.17, 15) is 9.59 Å². The number of likely N-dealkylation sites (N-methyl/N-ethyl adjacent to an activating group) is 1. The van der Waals surface area contributed by atoms with Gasteiger partial charge in [-0.3, -0.25) is 14.5 Å². The van der Waals surface area contributed by atoms with Gasteiger partial charge in [0.25, 0.3) is 5.91 Å². The van der Waals surface area contributed by atoms with E-state index in [0.717, 1.165) is 42.1 Å². The van der Waals surface area contributed by atoms with Crippen molar-refractivity contribution in [1.29, 1.82) is 0 Å². The quantitative estimate of drug-likeness (QED) is 0.282. The highest BCUT2D eigenvalue weighted by Gasteiger charge is 2.35. The van der Waals surface area contributed by atoms with E-state index in [2.05, 4.69) is 46.3 Å². The van der Waals surface area contributed by atoms with Gasteiger partial charge >= 0.3 is 0 Å². The van der Waals surface area contributed by atoms with Crippen LogP contribution in [0.1, 0.15) is 44.0 Å². The summed E-state index contributed by atoms with van der Waals surface area (Å²) in [7, 11) is 0. The van der Waals surface area contributed by atoms with Gasteiger partial charge in [0.15, 0.2) is 5.65 Å². The van der Waals surface area contributed by atoms with E-state index in [-0.39, 0.29) is 29.8 Å². The number of rotatable bonds is 11. The van der Waals surface area contributed by atoms with Crippen LogP contribution in [0, 0.1) is 5.92 Å². The molecule has 0 spiro atoms. The van der Waals surface area contributed by atoms with Crippen molar-refractivity contribution in [3.63, 3.8) is 0 Å². The summed E-state index contributed by atoms with van der Waals surface area (Å²) in [4.78, 5) is 41.1. The molecule has 5 heterocycles. The van der Waals surface area contributed by atoms with Gasteiger partial charge in [0, 0.05) is 43.4 Å². The second-order valence-electron chi connectivity index (χ2n) is 10.9. The normalized spacial score (nSPS) is 16.1. The molecule has 2 fully saturated rings. The molecule has 2 amide bonds. The Morgan fingerprint density at radius 2 is 1.93 bits per heavy atom. The Kier molecular flexibility index (Phi) is 7.72. The van der Waals surface area contributed by atoms with Gasteiger partial charge in [-0.25, -0.2) is 14.5 Å². The number of aromatic nitrogens is 4. The summed E-state index contributed by atoms with van der Waals surface area (Å²) in [5.41, 5.74) is 3.48. The number of hydrogen-bond donors (Lipinski definition) is 2. The summed E-state index contributed by atoms with van der Waals surface area (Å²) in [5, 5.41) is 12.8. The van der Waals surface area contributed by atoms with Crippen molar-refractivity contribution >= 4 is 34.6 Å². The fourth-order valence-corrected chi connectivity index (χ4v) is 5.99. The molecule has 10 nitrogen and oxygen atoms in total. The molecular formula is C30H36N8O2S. The SMILES string of the molecule is CCN(CC)[C@@H](C)CNC(=O)c1cc(-c2cnn3ccc(-c4cccs4)nc23)nc(N2CC(NC(=O)C3CC3)C2)c1. The van der Waals surface area contributed by atoms with Gasteiger partial charge in [-0.05, 0) is 62.5 Å². The fraction of sp³-hybridized carbons (Fsp3) is 0.433. The molecule has 0 unspecified atom stereocenters. The lowest BCUT2D eigenvalue weighted by Crippen LogP contribution is -2.60. The number of pyridine rings is 1. The zero-order chi connectivity index (χ0) is 28.5. The Morgan fingerprint density at radius 1 is 1.12 bits per heavy atom. The lowest BCUT2D eigenvalue weighted by Gasteiger charge is -2.40. The molecule has 214 valence electrons. The lowest BCUT2D eigenvalue weighted by molar-refractivity contribution is -0.123. The lowest BCUT2D eigenvalue weighted by atomic mass is 10.1. The minimum atomic E-state index is -0.142. The predicted molar refractivity (Wildman–Crippen MR) is 161 cm³/mol. The molecule has 2 aliphatic rings. The van der Waals surface area contributed by atoms with Gasteiger partial charge in [-0.2, -0.15) is 5.10 Å². The number of carbonyl (C=O) groups is 2. The molecule has 0 aromatic carbocycles. The summed E-state index contributed by atoms with van der Waals surface area (Å²) in [6.07, 6.45) is 5.62. The van der Waals surface area contributed by atoms with Gasteiger partial charge < -0.3 is 15.5 Å². The Labute approximate surface area is 243 Å². The minimum absolute atomic E-state index is 0.0905. The van der Waals surface area contributed by atoms with Crippen LogP contribution in [0.5, 0.6) is 0 Å². The molecule has 6 rings (SSSR count). The second kappa shape index (κ2) is 11.6. The highest BCUT2D eigenvalue weighted by atomic mass is 32.1. The average Bonchev–Trinajstić information content (AvgIpc) is 3.50. The van der Waals surface area contributed by atoms with E-state index in [4.69, 9.17) is 9.97 Å². The predicted octanol–water partition coefficient (Wildman–Crippen LogP) is 3.69. The van der Waals surface area contributed by atoms with E-state index in [1.54, 1.807) is 22.0 Å². The number of hydrogen-bond acceptors (Lipinski definition) is 8. The Balaban J connectivity index is 1.29. The zero-order valence-corrected chi connectivity index (χ0v) is 24.5. The average molecular weight is 573 g/mol. The minimum Gasteiger partial charge on any atom is -0.352 e. The molecule has 11 heteroatoms. The molecule has 0 bridgehead atoms. The maximum absolute atomic E-state index is 13.4. The van der Waals surface area contributed by atoms with E-state index in [1.165, 1.54) is 0 Å². The van der Waals surface area contributed by atoms with Gasteiger partial charge in [-0.15, -0.1) is 11.3 Å². The second-order valence-corrected chi connectivity index (χ2v) is 11.8. The maximum atomic E-state index is 13.4. The van der Waals surface area contributed by atoms with Crippen LogP contribution in [0.25, 0.3) is 27.5 Å². The smallest absolute Gasteiger partial charge is 0.251 e. The summed E-state index contributed by atoms with van der Waals surface area (Å²) in [5.74, 6) is 0.895.